The summed E-state index contributed by atoms with van der Waals surface area (Å²) in [7, 11) is 0. The predicted octanol–water partition coefficient (Wildman–Crippen LogP) is 3.63. The molecule has 7 heteroatoms. The van der Waals surface area contributed by atoms with Crippen LogP contribution < -0.4 is 5.32 Å². The lowest BCUT2D eigenvalue weighted by Gasteiger charge is -2.14. The van der Waals surface area contributed by atoms with Crippen molar-refractivity contribution in [3.63, 3.8) is 0 Å². The molecule has 0 saturated carbocycles. The summed E-state index contributed by atoms with van der Waals surface area (Å²) in [6, 6.07) is 7.80. The zero-order valence-corrected chi connectivity index (χ0v) is 13.8. The minimum atomic E-state index is -0.761. The van der Waals surface area contributed by atoms with Gasteiger partial charge in [0.1, 0.15) is 28.9 Å². The van der Waals surface area contributed by atoms with E-state index in [4.69, 9.17) is 0 Å². The Morgan fingerprint density at radius 3 is 2.92 bits per heavy atom. The number of H-pyrrole nitrogens is 1. The first kappa shape index (κ1) is 17.3. The number of aromatic nitrogens is 2. The molecule has 5 nitrogen and oxygen atoms in total. The molecule has 0 aliphatic carbocycles. The number of aromatic amines is 1. The normalized spacial score (nSPS) is 12.6. The lowest BCUT2D eigenvalue weighted by molar-refractivity contribution is -0.117. The fourth-order valence-electron chi connectivity index (χ4n) is 2.61. The van der Waals surface area contributed by atoms with E-state index in [2.05, 4.69) is 15.3 Å². The highest BCUT2D eigenvalue weighted by atomic mass is 19.1. The number of fused-ring (bicyclic) bond motifs is 1. The number of nitrogens with zero attached hydrogens (tertiary/aromatic N) is 2. The van der Waals surface area contributed by atoms with Gasteiger partial charge in [0.05, 0.1) is 6.04 Å². The summed E-state index contributed by atoms with van der Waals surface area (Å²) >= 11 is 0. The van der Waals surface area contributed by atoms with E-state index in [9.17, 15) is 18.8 Å². The van der Waals surface area contributed by atoms with Crippen LogP contribution in [0, 0.1) is 23.0 Å². The van der Waals surface area contributed by atoms with Crippen molar-refractivity contribution in [1.29, 1.82) is 5.26 Å². The van der Waals surface area contributed by atoms with Gasteiger partial charge in [-0.05, 0) is 31.2 Å². The predicted molar refractivity (Wildman–Crippen MR) is 92.6 cm³/mol. The van der Waals surface area contributed by atoms with Gasteiger partial charge in [0.25, 0.3) is 5.91 Å². The number of halogens is 2. The van der Waals surface area contributed by atoms with E-state index < -0.39 is 23.6 Å². The second-order valence-electron chi connectivity index (χ2n) is 5.67. The van der Waals surface area contributed by atoms with Gasteiger partial charge >= 0.3 is 0 Å². The highest BCUT2D eigenvalue weighted by Crippen LogP contribution is 2.20. The van der Waals surface area contributed by atoms with E-state index in [0.717, 1.165) is 17.5 Å². The van der Waals surface area contributed by atoms with Crippen LogP contribution in [0.2, 0.25) is 0 Å². The van der Waals surface area contributed by atoms with Crippen LogP contribution in [0.1, 0.15) is 24.1 Å². The van der Waals surface area contributed by atoms with Crippen molar-refractivity contribution in [2.45, 2.75) is 13.0 Å². The molecule has 2 aromatic heterocycles. The molecule has 1 atom stereocenters. The first-order valence-electron chi connectivity index (χ1n) is 7.79. The van der Waals surface area contributed by atoms with E-state index in [1.54, 1.807) is 25.4 Å². The van der Waals surface area contributed by atoms with E-state index in [1.165, 1.54) is 12.1 Å². The summed E-state index contributed by atoms with van der Waals surface area (Å²) in [5, 5.41) is 12.6. The Balaban J connectivity index is 1.84. The molecule has 0 fully saturated rings. The van der Waals surface area contributed by atoms with Crippen molar-refractivity contribution in [3.8, 4) is 6.07 Å². The highest BCUT2D eigenvalue weighted by Gasteiger charge is 2.17. The molecule has 0 bridgehead atoms. The molecule has 26 heavy (non-hydrogen) atoms. The van der Waals surface area contributed by atoms with Crippen LogP contribution in [0.15, 0.2) is 48.3 Å². The molecular weight excluding hydrogens is 338 g/mol. The van der Waals surface area contributed by atoms with Gasteiger partial charge in [0.2, 0.25) is 0 Å². The Morgan fingerprint density at radius 2 is 2.19 bits per heavy atom. The summed E-state index contributed by atoms with van der Waals surface area (Å²) in [5.74, 6) is -2.11. The van der Waals surface area contributed by atoms with Gasteiger partial charge in [-0.3, -0.25) is 4.79 Å². The molecule has 3 rings (SSSR count). The third kappa shape index (κ3) is 3.44. The molecule has 3 aromatic rings. The van der Waals surface area contributed by atoms with Crippen LogP contribution in [-0.2, 0) is 4.79 Å². The summed E-state index contributed by atoms with van der Waals surface area (Å²) in [5.41, 5.74) is 1.27. The van der Waals surface area contributed by atoms with Crippen LogP contribution in [0.4, 0.5) is 8.78 Å². The maximum atomic E-state index is 13.8. The number of amides is 1. The second-order valence-corrected chi connectivity index (χ2v) is 5.67. The molecule has 0 aliphatic rings. The number of hydrogen-bond acceptors (Lipinski definition) is 3. The van der Waals surface area contributed by atoms with Crippen LogP contribution in [0.3, 0.4) is 0 Å². The third-order valence-corrected chi connectivity index (χ3v) is 3.92. The molecule has 0 saturated heterocycles. The number of nitriles is 1. The second kappa shape index (κ2) is 7.15. The highest BCUT2D eigenvalue weighted by molar-refractivity contribution is 6.03. The zero-order chi connectivity index (χ0) is 18.7. The zero-order valence-electron chi connectivity index (χ0n) is 13.8. The lowest BCUT2D eigenvalue weighted by atomic mass is 10.1. The van der Waals surface area contributed by atoms with Crippen LogP contribution >= 0.6 is 0 Å². The number of benzene rings is 1. The smallest absolute Gasteiger partial charge is 0.262 e. The quantitative estimate of drug-likeness (QED) is 0.556. The minimum absolute atomic E-state index is 0.133. The standard InChI is InChI=1S/C19H14F2N4O/c1-11(15-5-4-14(20)8-17(15)21)25-19(26)12(9-22)7-13-10-24-18-16(13)3-2-6-23-18/h2-8,10-11H,1H3,(H,23,24)(H,25,26)/b12-7+/t11-/m1/s1. The molecule has 0 radical (unpaired) electrons. The molecule has 0 spiro atoms. The molecule has 2 N–H and O–H groups in total. The number of rotatable bonds is 4. The average molecular weight is 352 g/mol. The number of hydrogen-bond donors (Lipinski definition) is 2. The van der Waals surface area contributed by atoms with Crippen molar-refractivity contribution < 1.29 is 13.6 Å². The molecule has 130 valence electrons. The SMILES string of the molecule is C[C@@H](NC(=O)/C(C#N)=C/c1c[nH]c2ncccc12)c1ccc(F)cc1F. The summed E-state index contributed by atoms with van der Waals surface area (Å²) in [4.78, 5) is 19.5. The minimum Gasteiger partial charge on any atom is -0.346 e. The summed E-state index contributed by atoms with van der Waals surface area (Å²) < 4.78 is 26.8. The Bertz CT molecular complexity index is 1050. The van der Waals surface area contributed by atoms with E-state index in [0.29, 0.717) is 11.2 Å². The van der Waals surface area contributed by atoms with Gasteiger partial charge in [0, 0.05) is 35.0 Å². The van der Waals surface area contributed by atoms with Gasteiger partial charge in [-0.15, -0.1) is 0 Å². The Labute approximate surface area is 148 Å². The van der Waals surface area contributed by atoms with Gasteiger partial charge in [0.15, 0.2) is 0 Å². The number of pyridine rings is 1. The van der Waals surface area contributed by atoms with Crippen molar-refractivity contribution in [1.82, 2.24) is 15.3 Å². The fraction of sp³-hybridized carbons (Fsp3) is 0.105. The van der Waals surface area contributed by atoms with Crippen molar-refractivity contribution >= 4 is 23.0 Å². The Morgan fingerprint density at radius 1 is 1.38 bits per heavy atom. The fourth-order valence-corrected chi connectivity index (χ4v) is 2.61. The molecular formula is C19H14F2N4O. The van der Waals surface area contributed by atoms with Crippen molar-refractivity contribution in [2.75, 3.05) is 0 Å². The van der Waals surface area contributed by atoms with E-state index >= 15 is 0 Å². The largest absolute Gasteiger partial charge is 0.346 e. The van der Waals surface area contributed by atoms with E-state index in [-0.39, 0.29) is 11.1 Å². The average Bonchev–Trinajstić information content (AvgIpc) is 3.02. The van der Waals surface area contributed by atoms with Crippen molar-refractivity contribution in [3.05, 3.63) is 71.1 Å². The van der Waals surface area contributed by atoms with Crippen LogP contribution in [-0.4, -0.2) is 15.9 Å². The van der Waals surface area contributed by atoms with Gasteiger partial charge in [-0.1, -0.05) is 6.07 Å². The Kier molecular flexibility index (Phi) is 4.76. The van der Waals surface area contributed by atoms with Crippen molar-refractivity contribution in [2.24, 2.45) is 0 Å². The number of nitrogens with one attached hydrogen (secondary N) is 2. The maximum Gasteiger partial charge on any atom is 0.262 e. The monoisotopic (exact) mass is 352 g/mol. The summed E-state index contributed by atoms with van der Waals surface area (Å²) in [6.45, 7) is 1.55. The third-order valence-electron chi connectivity index (χ3n) is 3.92. The number of carbonyl (C=O) groups excluding carboxylic acids is 1. The Hall–Kier alpha value is -3.53. The molecule has 1 amide bonds. The molecule has 2 heterocycles. The van der Waals surface area contributed by atoms with Crippen LogP contribution in [0.5, 0.6) is 0 Å². The first-order chi connectivity index (χ1) is 12.5. The van der Waals surface area contributed by atoms with Gasteiger partial charge < -0.3 is 10.3 Å². The van der Waals surface area contributed by atoms with Crippen LogP contribution in [0.25, 0.3) is 17.1 Å². The summed E-state index contributed by atoms with van der Waals surface area (Å²) in [6.07, 6.45) is 4.71. The first-order valence-corrected chi connectivity index (χ1v) is 7.79. The van der Waals surface area contributed by atoms with Gasteiger partial charge in [-0.25, -0.2) is 13.8 Å². The molecule has 0 aliphatic heterocycles. The maximum absolute atomic E-state index is 13.8. The van der Waals surface area contributed by atoms with Gasteiger partial charge in [-0.2, -0.15) is 5.26 Å². The van der Waals surface area contributed by atoms with E-state index in [1.807, 2.05) is 12.1 Å². The molecule has 1 aromatic carbocycles. The number of carbonyl (C=O) groups is 1. The molecule has 0 unspecified atom stereocenters. The topological polar surface area (TPSA) is 81.6 Å². The lowest BCUT2D eigenvalue weighted by Crippen LogP contribution is -2.28.